The van der Waals surface area contributed by atoms with E-state index in [-0.39, 0.29) is 0 Å². The SMILES string of the molecule is C=CC(C)(OC(=O)NC)c1ccccc1. The minimum Gasteiger partial charge on any atom is -0.434 e. The molecule has 0 saturated carbocycles. The third-order valence-corrected chi connectivity index (χ3v) is 2.25. The van der Waals surface area contributed by atoms with Gasteiger partial charge in [-0.25, -0.2) is 4.79 Å². The predicted molar refractivity (Wildman–Crippen MR) is 59.5 cm³/mol. The van der Waals surface area contributed by atoms with E-state index < -0.39 is 11.7 Å². The number of amides is 1. The van der Waals surface area contributed by atoms with Crippen LogP contribution >= 0.6 is 0 Å². The number of rotatable bonds is 3. The maximum Gasteiger partial charge on any atom is 0.408 e. The Morgan fingerprint density at radius 2 is 2.07 bits per heavy atom. The van der Waals surface area contributed by atoms with Crippen molar-refractivity contribution in [1.82, 2.24) is 5.32 Å². The largest absolute Gasteiger partial charge is 0.434 e. The number of nitrogens with one attached hydrogen (secondary N) is 1. The molecule has 1 amide bonds. The van der Waals surface area contributed by atoms with Crippen molar-refractivity contribution in [2.24, 2.45) is 0 Å². The van der Waals surface area contributed by atoms with Gasteiger partial charge >= 0.3 is 6.09 Å². The lowest BCUT2D eigenvalue weighted by Crippen LogP contribution is -2.31. The van der Waals surface area contributed by atoms with Gasteiger partial charge in [-0.1, -0.05) is 36.9 Å². The van der Waals surface area contributed by atoms with Gasteiger partial charge in [-0.2, -0.15) is 0 Å². The van der Waals surface area contributed by atoms with Crippen LogP contribution in [0.4, 0.5) is 4.79 Å². The van der Waals surface area contributed by atoms with Crippen LogP contribution in [-0.4, -0.2) is 13.1 Å². The minimum absolute atomic E-state index is 0.471. The minimum atomic E-state index is -0.790. The standard InChI is InChI=1S/C12H15NO2/c1-4-12(2,15-11(14)13-3)10-8-6-5-7-9-10/h4-9H,1H2,2-3H3,(H,13,14). The highest BCUT2D eigenvalue weighted by molar-refractivity contribution is 5.67. The topological polar surface area (TPSA) is 38.3 Å². The van der Waals surface area contributed by atoms with Gasteiger partial charge in [0, 0.05) is 7.05 Å². The molecule has 0 aliphatic carbocycles. The summed E-state index contributed by atoms with van der Waals surface area (Å²) in [6.45, 7) is 5.49. The Bertz CT molecular complexity index is 348. The molecule has 0 spiro atoms. The van der Waals surface area contributed by atoms with Gasteiger partial charge in [-0.3, -0.25) is 0 Å². The molecular weight excluding hydrogens is 190 g/mol. The molecule has 0 saturated heterocycles. The molecule has 80 valence electrons. The van der Waals surface area contributed by atoms with Crippen LogP contribution in [0.1, 0.15) is 12.5 Å². The molecule has 1 unspecified atom stereocenters. The Balaban J connectivity index is 2.95. The Morgan fingerprint density at radius 1 is 1.47 bits per heavy atom. The smallest absolute Gasteiger partial charge is 0.408 e. The molecule has 0 aliphatic heterocycles. The van der Waals surface area contributed by atoms with Gasteiger partial charge < -0.3 is 10.1 Å². The van der Waals surface area contributed by atoms with Crippen molar-refractivity contribution in [2.75, 3.05) is 7.05 Å². The normalized spacial score (nSPS) is 13.7. The van der Waals surface area contributed by atoms with Crippen LogP contribution in [0, 0.1) is 0 Å². The van der Waals surface area contributed by atoms with Crippen molar-refractivity contribution in [1.29, 1.82) is 0 Å². The van der Waals surface area contributed by atoms with E-state index in [1.165, 1.54) is 7.05 Å². The molecule has 1 aromatic rings. The Labute approximate surface area is 89.8 Å². The molecule has 0 fully saturated rings. The fourth-order valence-corrected chi connectivity index (χ4v) is 1.23. The van der Waals surface area contributed by atoms with Gasteiger partial charge in [0.15, 0.2) is 5.60 Å². The maximum absolute atomic E-state index is 11.2. The van der Waals surface area contributed by atoms with Crippen LogP contribution in [0.5, 0.6) is 0 Å². The van der Waals surface area contributed by atoms with E-state index in [1.807, 2.05) is 30.3 Å². The van der Waals surface area contributed by atoms with Crippen LogP contribution in [0.25, 0.3) is 0 Å². The van der Waals surface area contributed by atoms with E-state index >= 15 is 0 Å². The first-order valence-corrected chi connectivity index (χ1v) is 4.72. The lowest BCUT2D eigenvalue weighted by atomic mass is 9.96. The van der Waals surface area contributed by atoms with Gasteiger partial charge in [0.1, 0.15) is 0 Å². The first-order valence-electron chi connectivity index (χ1n) is 4.72. The van der Waals surface area contributed by atoms with Crippen molar-refractivity contribution in [3.05, 3.63) is 48.6 Å². The van der Waals surface area contributed by atoms with Gasteiger partial charge in [-0.05, 0) is 18.6 Å². The average Bonchev–Trinajstić information content (AvgIpc) is 2.30. The lowest BCUT2D eigenvalue weighted by Gasteiger charge is -2.26. The molecule has 1 aromatic carbocycles. The van der Waals surface area contributed by atoms with Gasteiger partial charge in [0.05, 0.1) is 0 Å². The van der Waals surface area contributed by atoms with E-state index in [2.05, 4.69) is 11.9 Å². The molecule has 3 heteroatoms. The van der Waals surface area contributed by atoms with E-state index in [0.29, 0.717) is 0 Å². The summed E-state index contributed by atoms with van der Waals surface area (Å²) in [6.07, 6.45) is 1.14. The fraction of sp³-hybridized carbons (Fsp3) is 0.250. The highest BCUT2D eigenvalue weighted by Crippen LogP contribution is 2.26. The summed E-state index contributed by atoms with van der Waals surface area (Å²) in [5.41, 5.74) is 0.102. The van der Waals surface area contributed by atoms with Crippen LogP contribution in [0.15, 0.2) is 43.0 Å². The summed E-state index contributed by atoms with van der Waals surface area (Å²) in [4.78, 5) is 11.2. The second-order valence-electron chi connectivity index (χ2n) is 3.32. The molecule has 0 radical (unpaired) electrons. The van der Waals surface area contributed by atoms with Crippen molar-refractivity contribution in [2.45, 2.75) is 12.5 Å². The fourth-order valence-electron chi connectivity index (χ4n) is 1.23. The van der Waals surface area contributed by atoms with E-state index in [4.69, 9.17) is 4.74 Å². The third kappa shape index (κ3) is 2.59. The maximum atomic E-state index is 11.2. The molecular formula is C12H15NO2. The van der Waals surface area contributed by atoms with Crippen LogP contribution in [0.2, 0.25) is 0 Å². The Hall–Kier alpha value is -1.77. The number of ether oxygens (including phenoxy) is 1. The lowest BCUT2D eigenvalue weighted by molar-refractivity contribution is 0.0595. The molecule has 0 aromatic heterocycles. The van der Waals surface area contributed by atoms with Gasteiger partial charge in [0.25, 0.3) is 0 Å². The predicted octanol–water partition coefficient (Wildman–Crippen LogP) is 2.44. The molecule has 0 bridgehead atoms. The summed E-state index contributed by atoms with van der Waals surface area (Å²) in [5.74, 6) is 0. The number of benzene rings is 1. The van der Waals surface area contributed by atoms with Crippen molar-refractivity contribution < 1.29 is 9.53 Å². The highest BCUT2D eigenvalue weighted by Gasteiger charge is 2.26. The van der Waals surface area contributed by atoms with Gasteiger partial charge in [0.2, 0.25) is 0 Å². The second kappa shape index (κ2) is 4.64. The molecule has 0 aliphatic rings. The molecule has 1 atom stereocenters. The van der Waals surface area contributed by atoms with Crippen molar-refractivity contribution >= 4 is 6.09 Å². The number of hydrogen-bond acceptors (Lipinski definition) is 2. The van der Waals surface area contributed by atoms with Crippen LogP contribution < -0.4 is 5.32 Å². The first-order chi connectivity index (χ1) is 7.12. The number of alkyl carbamates (subject to hydrolysis) is 1. The summed E-state index contributed by atoms with van der Waals surface area (Å²) in [7, 11) is 1.52. The zero-order valence-corrected chi connectivity index (χ0v) is 8.99. The zero-order valence-electron chi connectivity index (χ0n) is 8.99. The quantitative estimate of drug-likeness (QED) is 0.770. The number of hydrogen-bond donors (Lipinski definition) is 1. The van der Waals surface area contributed by atoms with Crippen LogP contribution in [0.3, 0.4) is 0 Å². The van der Waals surface area contributed by atoms with E-state index in [1.54, 1.807) is 13.0 Å². The Morgan fingerprint density at radius 3 is 2.53 bits per heavy atom. The second-order valence-corrected chi connectivity index (χ2v) is 3.32. The molecule has 1 N–H and O–H groups in total. The average molecular weight is 205 g/mol. The van der Waals surface area contributed by atoms with Gasteiger partial charge in [-0.15, -0.1) is 0 Å². The van der Waals surface area contributed by atoms with E-state index in [9.17, 15) is 4.79 Å². The zero-order chi connectivity index (χ0) is 11.3. The van der Waals surface area contributed by atoms with Crippen molar-refractivity contribution in [3.63, 3.8) is 0 Å². The summed E-state index contributed by atoms with van der Waals surface area (Å²) in [5, 5.41) is 2.42. The molecule has 1 rings (SSSR count). The third-order valence-electron chi connectivity index (χ3n) is 2.25. The highest BCUT2D eigenvalue weighted by atomic mass is 16.6. The first kappa shape index (κ1) is 11.3. The van der Waals surface area contributed by atoms with E-state index in [0.717, 1.165) is 5.56 Å². The Kier molecular flexibility index (Phi) is 3.50. The molecule has 0 heterocycles. The monoisotopic (exact) mass is 205 g/mol. The molecule has 3 nitrogen and oxygen atoms in total. The number of carbonyl (C=O) groups is 1. The number of carbonyl (C=O) groups excluding carboxylic acids is 1. The summed E-state index contributed by atoms with van der Waals surface area (Å²) < 4.78 is 5.25. The molecule has 15 heavy (non-hydrogen) atoms. The van der Waals surface area contributed by atoms with Crippen molar-refractivity contribution in [3.8, 4) is 0 Å². The summed E-state index contributed by atoms with van der Waals surface area (Å²) >= 11 is 0. The van der Waals surface area contributed by atoms with Crippen LogP contribution in [-0.2, 0) is 10.3 Å². The summed E-state index contributed by atoms with van der Waals surface area (Å²) in [6, 6.07) is 9.48.